The lowest BCUT2D eigenvalue weighted by Crippen LogP contribution is -2.49. The first-order valence-corrected chi connectivity index (χ1v) is 9.53. The maximum Gasteiger partial charge on any atom is 0.241 e. The van der Waals surface area contributed by atoms with Crippen molar-refractivity contribution in [2.24, 2.45) is 18.0 Å². The van der Waals surface area contributed by atoms with Gasteiger partial charge in [0.15, 0.2) is 5.96 Å². The van der Waals surface area contributed by atoms with Crippen LogP contribution < -0.4 is 10.6 Å². The number of aromatic nitrogens is 2. The van der Waals surface area contributed by atoms with Crippen molar-refractivity contribution in [3.8, 4) is 0 Å². The minimum atomic E-state index is 0.0323. The molecular formula is C19H34N6O. The van der Waals surface area contributed by atoms with Gasteiger partial charge in [-0.05, 0) is 32.6 Å². The van der Waals surface area contributed by atoms with E-state index >= 15 is 0 Å². The van der Waals surface area contributed by atoms with E-state index in [0.717, 1.165) is 23.4 Å². The molecule has 0 aliphatic heterocycles. The Balaban J connectivity index is 2.11. The molecule has 0 aromatic carbocycles. The summed E-state index contributed by atoms with van der Waals surface area (Å²) in [7, 11) is 5.48. The molecule has 1 aliphatic rings. The minimum absolute atomic E-state index is 0.0323. The number of aliphatic imine (C=N–C) groups is 1. The highest BCUT2D eigenvalue weighted by Crippen LogP contribution is 2.23. The van der Waals surface area contributed by atoms with E-state index in [1.807, 2.05) is 18.7 Å². The largest absolute Gasteiger partial charge is 0.353 e. The quantitative estimate of drug-likeness (QED) is 0.618. The van der Waals surface area contributed by atoms with Crippen LogP contribution in [-0.2, 0) is 18.4 Å². The highest BCUT2D eigenvalue weighted by Gasteiger charge is 2.22. The SMILES string of the molecule is Cc1nn(C)c(C)c1CN=C(NCC(=O)N(C)C)NC1CCCCC1C. The van der Waals surface area contributed by atoms with Gasteiger partial charge >= 0.3 is 0 Å². The summed E-state index contributed by atoms with van der Waals surface area (Å²) < 4.78 is 1.89. The zero-order valence-corrected chi connectivity index (χ0v) is 17.1. The van der Waals surface area contributed by atoms with Crippen molar-refractivity contribution in [2.45, 2.75) is 59.0 Å². The predicted molar refractivity (Wildman–Crippen MR) is 105 cm³/mol. The average Bonchev–Trinajstić information content (AvgIpc) is 2.84. The normalized spacial score (nSPS) is 20.8. The number of rotatable bonds is 5. The summed E-state index contributed by atoms with van der Waals surface area (Å²) in [5.74, 6) is 1.36. The summed E-state index contributed by atoms with van der Waals surface area (Å²) in [6.07, 6.45) is 4.93. The Kier molecular flexibility index (Phi) is 7.06. The van der Waals surface area contributed by atoms with Crippen molar-refractivity contribution in [3.63, 3.8) is 0 Å². The van der Waals surface area contributed by atoms with Gasteiger partial charge in [-0.2, -0.15) is 5.10 Å². The van der Waals surface area contributed by atoms with Gasteiger partial charge in [0.2, 0.25) is 5.91 Å². The zero-order valence-electron chi connectivity index (χ0n) is 17.1. The van der Waals surface area contributed by atoms with Crippen LogP contribution in [0.2, 0.25) is 0 Å². The van der Waals surface area contributed by atoms with Crippen LogP contribution in [-0.4, -0.2) is 53.2 Å². The second-order valence-electron chi connectivity index (χ2n) is 7.59. The second kappa shape index (κ2) is 9.05. The number of hydrogen-bond acceptors (Lipinski definition) is 3. The van der Waals surface area contributed by atoms with E-state index in [1.165, 1.54) is 19.3 Å². The summed E-state index contributed by atoms with van der Waals surface area (Å²) >= 11 is 0. The molecule has 2 atom stereocenters. The Morgan fingerprint density at radius 2 is 2.00 bits per heavy atom. The average molecular weight is 363 g/mol. The lowest BCUT2D eigenvalue weighted by molar-refractivity contribution is -0.127. The van der Waals surface area contributed by atoms with E-state index in [-0.39, 0.29) is 12.5 Å². The van der Waals surface area contributed by atoms with E-state index in [2.05, 4.69) is 29.6 Å². The number of likely N-dealkylation sites (N-methyl/N-ethyl adjacent to an activating group) is 1. The molecule has 1 aromatic rings. The number of nitrogens with zero attached hydrogens (tertiary/aromatic N) is 4. The molecule has 2 unspecified atom stereocenters. The third-order valence-electron chi connectivity index (χ3n) is 5.39. The Bertz CT molecular complexity index is 649. The standard InChI is InChI=1S/C19H34N6O/c1-13-9-7-8-10-17(13)22-19(21-12-18(26)24(4)5)20-11-16-14(2)23-25(6)15(16)3/h13,17H,7-12H2,1-6H3,(H2,20,21,22). The molecule has 0 spiro atoms. The molecule has 0 bridgehead atoms. The molecule has 7 heteroatoms. The van der Waals surface area contributed by atoms with Crippen molar-refractivity contribution in [1.82, 2.24) is 25.3 Å². The summed E-state index contributed by atoms with van der Waals surface area (Å²) in [5.41, 5.74) is 3.27. The smallest absolute Gasteiger partial charge is 0.241 e. The molecular weight excluding hydrogens is 328 g/mol. The second-order valence-corrected chi connectivity index (χ2v) is 7.59. The van der Waals surface area contributed by atoms with Crippen LogP contribution in [0, 0.1) is 19.8 Å². The number of carbonyl (C=O) groups excluding carboxylic acids is 1. The molecule has 26 heavy (non-hydrogen) atoms. The number of nitrogens with one attached hydrogen (secondary N) is 2. The predicted octanol–water partition coefficient (Wildman–Crippen LogP) is 1.74. The molecule has 1 aromatic heterocycles. The molecule has 0 saturated heterocycles. The highest BCUT2D eigenvalue weighted by molar-refractivity contribution is 5.86. The van der Waals surface area contributed by atoms with Crippen molar-refractivity contribution in [1.29, 1.82) is 0 Å². The number of guanidine groups is 1. The van der Waals surface area contributed by atoms with Crippen LogP contribution in [0.15, 0.2) is 4.99 Å². The highest BCUT2D eigenvalue weighted by atomic mass is 16.2. The third kappa shape index (κ3) is 5.22. The van der Waals surface area contributed by atoms with Gasteiger partial charge in [0.1, 0.15) is 0 Å². The lowest BCUT2D eigenvalue weighted by Gasteiger charge is -2.31. The van der Waals surface area contributed by atoms with Crippen LogP contribution in [0.1, 0.15) is 49.6 Å². The monoisotopic (exact) mass is 362 g/mol. The minimum Gasteiger partial charge on any atom is -0.353 e. The number of hydrogen-bond donors (Lipinski definition) is 2. The fraction of sp³-hybridized carbons (Fsp3) is 0.737. The van der Waals surface area contributed by atoms with Gasteiger partial charge in [0, 0.05) is 38.4 Å². The van der Waals surface area contributed by atoms with Crippen LogP contribution >= 0.6 is 0 Å². The molecule has 1 heterocycles. The van der Waals surface area contributed by atoms with E-state index in [4.69, 9.17) is 4.99 Å². The fourth-order valence-electron chi connectivity index (χ4n) is 3.38. The summed E-state index contributed by atoms with van der Waals surface area (Å²) in [5, 5.41) is 11.2. The first-order valence-electron chi connectivity index (χ1n) is 9.53. The maximum atomic E-state index is 12.0. The lowest BCUT2D eigenvalue weighted by atomic mass is 9.86. The Morgan fingerprint density at radius 1 is 1.31 bits per heavy atom. The van der Waals surface area contributed by atoms with E-state index in [9.17, 15) is 4.79 Å². The molecule has 2 N–H and O–H groups in total. The molecule has 1 amide bonds. The summed E-state index contributed by atoms with van der Waals surface area (Å²) in [6.45, 7) is 7.15. The topological polar surface area (TPSA) is 74.5 Å². The van der Waals surface area contributed by atoms with Crippen molar-refractivity contribution in [3.05, 3.63) is 17.0 Å². The van der Waals surface area contributed by atoms with E-state index in [0.29, 0.717) is 24.5 Å². The van der Waals surface area contributed by atoms with Gasteiger partial charge in [-0.15, -0.1) is 0 Å². The van der Waals surface area contributed by atoms with Gasteiger partial charge in [0.25, 0.3) is 0 Å². The van der Waals surface area contributed by atoms with Crippen LogP contribution in [0.3, 0.4) is 0 Å². The fourth-order valence-corrected chi connectivity index (χ4v) is 3.38. The molecule has 1 saturated carbocycles. The molecule has 146 valence electrons. The molecule has 1 fully saturated rings. The Labute approximate surface area is 157 Å². The first-order chi connectivity index (χ1) is 12.3. The Hall–Kier alpha value is -2.05. The Morgan fingerprint density at radius 3 is 2.58 bits per heavy atom. The van der Waals surface area contributed by atoms with Crippen molar-refractivity contribution in [2.75, 3.05) is 20.6 Å². The van der Waals surface area contributed by atoms with Crippen molar-refractivity contribution >= 4 is 11.9 Å². The van der Waals surface area contributed by atoms with Gasteiger partial charge in [-0.25, -0.2) is 4.99 Å². The van der Waals surface area contributed by atoms with E-state index in [1.54, 1.807) is 19.0 Å². The first kappa shape index (κ1) is 20.3. The van der Waals surface area contributed by atoms with Crippen molar-refractivity contribution < 1.29 is 4.79 Å². The van der Waals surface area contributed by atoms with Crippen LogP contribution in [0.5, 0.6) is 0 Å². The van der Waals surface area contributed by atoms with E-state index < -0.39 is 0 Å². The molecule has 0 radical (unpaired) electrons. The number of carbonyl (C=O) groups is 1. The molecule has 2 rings (SSSR count). The summed E-state index contributed by atoms with van der Waals surface area (Å²) in [6, 6.07) is 0.403. The number of aryl methyl sites for hydroxylation is 2. The molecule has 7 nitrogen and oxygen atoms in total. The summed E-state index contributed by atoms with van der Waals surface area (Å²) in [4.78, 5) is 18.3. The van der Waals surface area contributed by atoms with Gasteiger partial charge in [-0.1, -0.05) is 19.8 Å². The third-order valence-corrected chi connectivity index (χ3v) is 5.39. The van der Waals surface area contributed by atoms with Gasteiger partial charge in [0.05, 0.1) is 18.8 Å². The molecule has 1 aliphatic carbocycles. The van der Waals surface area contributed by atoms with Gasteiger partial charge in [-0.3, -0.25) is 9.48 Å². The zero-order chi connectivity index (χ0) is 19.3. The number of amides is 1. The van der Waals surface area contributed by atoms with Crippen LogP contribution in [0.4, 0.5) is 0 Å². The van der Waals surface area contributed by atoms with Crippen LogP contribution in [0.25, 0.3) is 0 Å². The van der Waals surface area contributed by atoms with Gasteiger partial charge < -0.3 is 15.5 Å². The maximum absolute atomic E-state index is 12.0.